The normalized spacial score (nSPS) is 19.2. The van der Waals surface area contributed by atoms with E-state index in [4.69, 9.17) is 0 Å². The van der Waals surface area contributed by atoms with Crippen LogP contribution >= 0.6 is 0 Å². The number of benzene rings is 1. The van der Waals surface area contributed by atoms with Crippen molar-refractivity contribution >= 4 is 11.4 Å². The molecule has 0 aromatic heterocycles. The number of piperidine rings is 1. The SMILES string of the molecule is Cc1cc([N+](=O)[O-])ccc1N(C)CC1CCCNC1. The number of rotatable bonds is 4. The monoisotopic (exact) mass is 263 g/mol. The lowest BCUT2D eigenvalue weighted by molar-refractivity contribution is -0.384. The lowest BCUT2D eigenvalue weighted by atomic mass is 9.99. The minimum Gasteiger partial charge on any atom is -0.374 e. The van der Waals surface area contributed by atoms with Gasteiger partial charge in [-0.1, -0.05) is 0 Å². The zero-order valence-corrected chi connectivity index (χ0v) is 11.6. The lowest BCUT2D eigenvalue weighted by Crippen LogP contribution is -2.37. The molecular weight excluding hydrogens is 242 g/mol. The van der Waals surface area contributed by atoms with Crippen molar-refractivity contribution in [3.05, 3.63) is 33.9 Å². The van der Waals surface area contributed by atoms with Crippen molar-refractivity contribution in [2.75, 3.05) is 31.6 Å². The van der Waals surface area contributed by atoms with Crippen molar-refractivity contribution in [2.24, 2.45) is 5.92 Å². The molecule has 0 bridgehead atoms. The van der Waals surface area contributed by atoms with E-state index >= 15 is 0 Å². The van der Waals surface area contributed by atoms with Crippen molar-refractivity contribution in [3.63, 3.8) is 0 Å². The average molecular weight is 263 g/mol. The fourth-order valence-corrected chi connectivity index (χ4v) is 2.75. The van der Waals surface area contributed by atoms with E-state index < -0.39 is 0 Å². The Bertz CT molecular complexity index is 456. The molecule has 0 saturated carbocycles. The molecule has 1 fully saturated rings. The Morgan fingerprint density at radius 1 is 1.53 bits per heavy atom. The zero-order valence-electron chi connectivity index (χ0n) is 11.6. The van der Waals surface area contributed by atoms with Crippen LogP contribution in [-0.2, 0) is 0 Å². The molecule has 1 aromatic rings. The Balaban J connectivity index is 2.05. The van der Waals surface area contributed by atoms with Gasteiger partial charge >= 0.3 is 0 Å². The molecule has 0 amide bonds. The quantitative estimate of drug-likeness (QED) is 0.669. The van der Waals surface area contributed by atoms with Crippen LogP contribution in [-0.4, -0.2) is 31.6 Å². The van der Waals surface area contributed by atoms with E-state index in [9.17, 15) is 10.1 Å². The summed E-state index contributed by atoms with van der Waals surface area (Å²) >= 11 is 0. The topological polar surface area (TPSA) is 58.4 Å². The van der Waals surface area contributed by atoms with Gasteiger partial charge in [-0.3, -0.25) is 10.1 Å². The van der Waals surface area contributed by atoms with Gasteiger partial charge in [-0.2, -0.15) is 0 Å². The maximum absolute atomic E-state index is 10.7. The standard InChI is InChI=1S/C14H21N3O2/c1-11-8-13(17(18)19)5-6-14(11)16(2)10-12-4-3-7-15-9-12/h5-6,8,12,15H,3-4,7,9-10H2,1-2H3. The van der Waals surface area contributed by atoms with Gasteiger partial charge in [0.1, 0.15) is 0 Å². The molecule has 104 valence electrons. The summed E-state index contributed by atoms with van der Waals surface area (Å²) in [5.74, 6) is 0.661. The Labute approximate surface area is 113 Å². The predicted octanol–water partition coefficient (Wildman–Crippen LogP) is 2.34. The van der Waals surface area contributed by atoms with Crippen LogP contribution in [0.2, 0.25) is 0 Å². The minimum atomic E-state index is -0.345. The van der Waals surface area contributed by atoms with Gasteiger partial charge in [-0.05, 0) is 50.4 Å². The molecule has 1 N–H and O–H groups in total. The molecule has 1 aliphatic rings. The summed E-state index contributed by atoms with van der Waals surface area (Å²) in [6.07, 6.45) is 2.49. The molecule has 1 aliphatic heterocycles. The Kier molecular flexibility index (Phi) is 4.37. The van der Waals surface area contributed by atoms with Gasteiger partial charge in [-0.15, -0.1) is 0 Å². The molecule has 0 spiro atoms. The number of non-ortho nitro benzene ring substituents is 1. The molecule has 1 saturated heterocycles. The Hall–Kier alpha value is -1.62. The van der Waals surface area contributed by atoms with Gasteiger partial charge in [0.05, 0.1) is 4.92 Å². The highest BCUT2D eigenvalue weighted by Gasteiger charge is 2.17. The summed E-state index contributed by atoms with van der Waals surface area (Å²) in [6, 6.07) is 5.08. The summed E-state index contributed by atoms with van der Waals surface area (Å²) in [6.45, 7) is 5.11. The van der Waals surface area contributed by atoms with E-state index in [2.05, 4.69) is 17.3 Å². The van der Waals surface area contributed by atoms with Crippen LogP contribution in [0.5, 0.6) is 0 Å². The van der Waals surface area contributed by atoms with Crippen LogP contribution in [0.3, 0.4) is 0 Å². The number of anilines is 1. The second-order valence-electron chi connectivity index (χ2n) is 5.32. The van der Waals surface area contributed by atoms with E-state index in [1.54, 1.807) is 12.1 Å². The number of nitro benzene ring substituents is 1. The second-order valence-corrected chi connectivity index (χ2v) is 5.32. The third-order valence-electron chi connectivity index (χ3n) is 3.73. The molecule has 1 atom stereocenters. The first kappa shape index (κ1) is 13.8. The zero-order chi connectivity index (χ0) is 13.8. The van der Waals surface area contributed by atoms with Gasteiger partial charge in [0.15, 0.2) is 0 Å². The fourth-order valence-electron chi connectivity index (χ4n) is 2.75. The van der Waals surface area contributed by atoms with Crippen LogP contribution in [0.1, 0.15) is 18.4 Å². The lowest BCUT2D eigenvalue weighted by Gasteiger charge is -2.29. The maximum atomic E-state index is 10.7. The van der Waals surface area contributed by atoms with Crippen molar-refractivity contribution < 1.29 is 4.92 Å². The van der Waals surface area contributed by atoms with E-state index in [-0.39, 0.29) is 10.6 Å². The molecule has 0 radical (unpaired) electrons. The maximum Gasteiger partial charge on any atom is 0.269 e. The average Bonchev–Trinajstić information content (AvgIpc) is 2.39. The van der Waals surface area contributed by atoms with Gasteiger partial charge in [0.25, 0.3) is 5.69 Å². The Morgan fingerprint density at radius 3 is 2.89 bits per heavy atom. The van der Waals surface area contributed by atoms with Crippen LogP contribution < -0.4 is 10.2 Å². The highest BCUT2D eigenvalue weighted by atomic mass is 16.6. The van der Waals surface area contributed by atoms with Crippen molar-refractivity contribution in [1.29, 1.82) is 0 Å². The summed E-state index contributed by atoms with van der Waals surface area (Å²) in [5, 5.41) is 14.1. The van der Waals surface area contributed by atoms with Crippen molar-refractivity contribution in [1.82, 2.24) is 5.32 Å². The second kappa shape index (κ2) is 6.02. The van der Waals surface area contributed by atoms with E-state index in [0.29, 0.717) is 5.92 Å². The third-order valence-corrected chi connectivity index (χ3v) is 3.73. The van der Waals surface area contributed by atoms with Crippen LogP contribution in [0.15, 0.2) is 18.2 Å². The predicted molar refractivity (Wildman–Crippen MR) is 76.7 cm³/mol. The minimum absolute atomic E-state index is 0.161. The van der Waals surface area contributed by atoms with E-state index in [1.165, 1.54) is 12.8 Å². The molecule has 2 rings (SSSR count). The van der Waals surface area contributed by atoms with Gasteiger partial charge in [0, 0.05) is 31.4 Å². The van der Waals surface area contributed by atoms with E-state index in [0.717, 1.165) is 30.9 Å². The van der Waals surface area contributed by atoms with Crippen molar-refractivity contribution in [2.45, 2.75) is 19.8 Å². The van der Waals surface area contributed by atoms with Crippen LogP contribution in [0.4, 0.5) is 11.4 Å². The smallest absolute Gasteiger partial charge is 0.269 e. The third kappa shape index (κ3) is 3.44. The number of nitrogens with zero attached hydrogens (tertiary/aromatic N) is 2. The molecule has 1 unspecified atom stereocenters. The van der Waals surface area contributed by atoms with Gasteiger partial charge < -0.3 is 10.2 Å². The van der Waals surface area contributed by atoms with Crippen molar-refractivity contribution in [3.8, 4) is 0 Å². The number of aryl methyl sites for hydroxylation is 1. The molecule has 1 heterocycles. The summed E-state index contributed by atoms with van der Waals surface area (Å²) in [7, 11) is 2.06. The molecule has 5 heteroatoms. The first-order valence-corrected chi connectivity index (χ1v) is 6.75. The number of nitro groups is 1. The molecular formula is C14H21N3O2. The molecule has 19 heavy (non-hydrogen) atoms. The van der Waals surface area contributed by atoms with E-state index in [1.807, 2.05) is 13.0 Å². The van der Waals surface area contributed by atoms with Crippen LogP contribution in [0, 0.1) is 23.0 Å². The molecule has 5 nitrogen and oxygen atoms in total. The molecule has 1 aromatic carbocycles. The summed E-state index contributed by atoms with van der Waals surface area (Å²) < 4.78 is 0. The van der Waals surface area contributed by atoms with Crippen LogP contribution in [0.25, 0.3) is 0 Å². The first-order chi connectivity index (χ1) is 9.08. The number of nitrogens with one attached hydrogen (secondary N) is 1. The number of hydrogen-bond acceptors (Lipinski definition) is 4. The van der Waals surface area contributed by atoms with Gasteiger partial charge in [-0.25, -0.2) is 0 Å². The van der Waals surface area contributed by atoms with Gasteiger partial charge in [0.2, 0.25) is 0 Å². The highest BCUT2D eigenvalue weighted by molar-refractivity contribution is 5.56. The highest BCUT2D eigenvalue weighted by Crippen LogP contribution is 2.25. The largest absolute Gasteiger partial charge is 0.374 e. The number of hydrogen-bond donors (Lipinski definition) is 1. The molecule has 0 aliphatic carbocycles. The Morgan fingerprint density at radius 2 is 2.32 bits per heavy atom. The first-order valence-electron chi connectivity index (χ1n) is 6.75. The fraction of sp³-hybridized carbons (Fsp3) is 0.571. The summed E-state index contributed by atoms with van der Waals surface area (Å²) in [4.78, 5) is 12.6. The summed E-state index contributed by atoms with van der Waals surface area (Å²) in [5.41, 5.74) is 2.20.